The maximum atomic E-state index is 9.56. The molecule has 1 aliphatic rings. The van der Waals surface area contributed by atoms with Gasteiger partial charge in [-0.3, -0.25) is 4.90 Å². The Morgan fingerprint density at radius 2 is 2.32 bits per heavy atom. The van der Waals surface area contributed by atoms with Gasteiger partial charge in [0, 0.05) is 44.1 Å². The van der Waals surface area contributed by atoms with Crippen LogP contribution in [-0.4, -0.2) is 53.3 Å². The molecular weight excluding hydrogens is 262 g/mol. The molecule has 4 nitrogen and oxygen atoms in total. The van der Waals surface area contributed by atoms with Crippen molar-refractivity contribution >= 4 is 17.3 Å². The third-order valence-corrected chi connectivity index (χ3v) is 3.86. The SMILES string of the molecule is CCC1CN(c2ccnc(Cl)c2)CCN1CC(C)O. The Labute approximate surface area is 120 Å². The number of aliphatic hydroxyl groups excluding tert-OH is 1. The van der Waals surface area contributed by atoms with E-state index in [2.05, 4.69) is 21.7 Å². The minimum absolute atomic E-state index is 0.268. The van der Waals surface area contributed by atoms with Gasteiger partial charge < -0.3 is 10.0 Å². The lowest BCUT2D eigenvalue weighted by molar-refractivity contribution is 0.0886. The molecular formula is C14H22ClN3O. The van der Waals surface area contributed by atoms with Gasteiger partial charge in [0.25, 0.3) is 0 Å². The second-order valence-corrected chi connectivity index (χ2v) is 5.58. The first-order valence-corrected chi connectivity index (χ1v) is 7.26. The van der Waals surface area contributed by atoms with E-state index in [4.69, 9.17) is 11.6 Å². The van der Waals surface area contributed by atoms with Crippen LogP contribution >= 0.6 is 11.6 Å². The van der Waals surface area contributed by atoms with Gasteiger partial charge in [-0.1, -0.05) is 18.5 Å². The summed E-state index contributed by atoms with van der Waals surface area (Å²) in [5.41, 5.74) is 1.13. The summed E-state index contributed by atoms with van der Waals surface area (Å²) in [6.07, 6.45) is 2.57. The van der Waals surface area contributed by atoms with Crippen molar-refractivity contribution < 1.29 is 5.11 Å². The van der Waals surface area contributed by atoms with Crippen LogP contribution in [-0.2, 0) is 0 Å². The van der Waals surface area contributed by atoms with Gasteiger partial charge in [-0.25, -0.2) is 4.98 Å². The Balaban J connectivity index is 2.04. The molecule has 0 bridgehead atoms. The van der Waals surface area contributed by atoms with Gasteiger partial charge in [-0.15, -0.1) is 0 Å². The fraction of sp³-hybridized carbons (Fsp3) is 0.643. The molecule has 5 heteroatoms. The molecule has 1 aliphatic heterocycles. The highest BCUT2D eigenvalue weighted by Crippen LogP contribution is 2.22. The Morgan fingerprint density at radius 1 is 1.53 bits per heavy atom. The molecule has 2 rings (SSSR count). The number of hydrogen-bond acceptors (Lipinski definition) is 4. The molecule has 0 saturated carbocycles. The first-order chi connectivity index (χ1) is 9.10. The normalized spacial score (nSPS) is 22.5. The van der Waals surface area contributed by atoms with E-state index in [0.29, 0.717) is 11.2 Å². The predicted octanol–water partition coefficient (Wildman–Crippen LogP) is 2.02. The number of halogens is 1. The average molecular weight is 284 g/mol. The molecule has 0 aromatic carbocycles. The average Bonchev–Trinajstić information content (AvgIpc) is 2.38. The minimum Gasteiger partial charge on any atom is -0.392 e. The van der Waals surface area contributed by atoms with Crippen molar-refractivity contribution in [2.24, 2.45) is 0 Å². The maximum absolute atomic E-state index is 9.56. The molecule has 1 aromatic heterocycles. The standard InChI is InChI=1S/C14H22ClN3O/c1-3-12-10-18(7-6-17(12)9-11(2)19)13-4-5-16-14(15)8-13/h4-5,8,11-12,19H,3,6-7,9-10H2,1-2H3. The third-order valence-electron chi connectivity index (χ3n) is 3.65. The molecule has 1 fully saturated rings. The summed E-state index contributed by atoms with van der Waals surface area (Å²) in [7, 11) is 0. The number of rotatable bonds is 4. The second-order valence-electron chi connectivity index (χ2n) is 5.19. The van der Waals surface area contributed by atoms with Crippen LogP contribution in [0.3, 0.4) is 0 Å². The number of nitrogens with zero attached hydrogens (tertiary/aromatic N) is 3. The summed E-state index contributed by atoms with van der Waals surface area (Å²) >= 11 is 5.95. The van der Waals surface area contributed by atoms with E-state index in [1.165, 1.54) is 0 Å². The van der Waals surface area contributed by atoms with Crippen molar-refractivity contribution in [2.45, 2.75) is 32.4 Å². The van der Waals surface area contributed by atoms with Crippen LogP contribution in [0, 0.1) is 0 Å². The van der Waals surface area contributed by atoms with Crippen LogP contribution in [0.5, 0.6) is 0 Å². The zero-order valence-corrected chi connectivity index (χ0v) is 12.3. The molecule has 1 saturated heterocycles. The number of piperazine rings is 1. The fourth-order valence-corrected chi connectivity index (χ4v) is 2.85. The molecule has 0 radical (unpaired) electrons. The molecule has 0 spiro atoms. The highest BCUT2D eigenvalue weighted by Gasteiger charge is 2.26. The van der Waals surface area contributed by atoms with Crippen LogP contribution < -0.4 is 4.90 Å². The van der Waals surface area contributed by atoms with Crippen molar-refractivity contribution in [1.29, 1.82) is 0 Å². The minimum atomic E-state index is -0.268. The Hall–Kier alpha value is -0.840. The first-order valence-electron chi connectivity index (χ1n) is 6.88. The topological polar surface area (TPSA) is 39.6 Å². The van der Waals surface area contributed by atoms with Crippen molar-refractivity contribution in [1.82, 2.24) is 9.88 Å². The van der Waals surface area contributed by atoms with Gasteiger partial charge in [0.15, 0.2) is 0 Å². The molecule has 19 heavy (non-hydrogen) atoms. The van der Waals surface area contributed by atoms with E-state index in [-0.39, 0.29) is 6.10 Å². The molecule has 0 aliphatic carbocycles. The highest BCUT2D eigenvalue weighted by atomic mass is 35.5. The summed E-state index contributed by atoms with van der Waals surface area (Å²) in [6, 6.07) is 4.40. The van der Waals surface area contributed by atoms with Crippen LogP contribution in [0.2, 0.25) is 5.15 Å². The highest BCUT2D eigenvalue weighted by molar-refractivity contribution is 6.29. The molecule has 1 aromatic rings. The van der Waals surface area contributed by atoms with E-state index in [1.54, 1.807) is 6.20 Å². The largest absolute Gasteiger partial charge is 0.392 e. The van der Waals surface area contributed by atoms with E-state index in [0.717, 1.165) is 38.3 Å². The van der Waals surface area contributed by atoms with Gasteiger partial charge in [-0.2, -0.15) is 0 Å². The van der Waals surface area contributed by atoms with Gasteiger partial charge in [0.1, 0.15) is 5.15 Å². The van der Waals surface area contributed by atoms with E-state index < -0.39 is 0 Å². The van der Waals surface area contributed by atoms with Crippen LogP contribution in [0.4, 0.5) is 5.69 Å². The molecule has 2 unspecified atom stereocenters. The van der Waals surface area contributed by atoms with Gasteiger partial charge in [-0.05, 0) is 25.5 Å². The Bertz CT molecular complexity index is 413. The molecule has 2 atom stereocenters. The lowest BCUT2D eigenvalue weighted by atomic mass is 10.1. The van der Waals surface area contributed by atoms with E-state index >= 15 is 0 Å². The number of hydrogen-bond donors (Lipinski definition) is 1. The summed E-state index contributed by atoms with van der Waals surface area (Å²) in [4.78, 5) is 8.75. The van der Waals surface area contributed by atoms with E-state index in [1.807, 2.05) is 19.1 Å². The van der Waals surface area contributed by atoms with Crippen molar-refractivity contribution in [3.05, 3.63) is 23.5 Å². The van der Waals surface area contributed by atoms with Crippen LogP contribution in [0.15, 0.2) is 18.3 Å². The summed E-state index contributed by atoms with van der Waals surface area (Å²) in [5.74, 6) is 0. The van der Waals surface area contributed by atoms with Crippen LogP contribution in [0.1, 0.15) is 20.3 Å². The quantitative estimate of drug-likeness (QED) is 0.858. The predicted molar refractivity (Wildman–Crippen MR) is 78.8 cm³/mol. The van der Waals surface area contributed by atoms with Gasteiger partial charge in [0.05, 0.1) is 6.10 Å². The number of pyridine rings is 1. The molecule has 106 valence electrons. The molecule has 1 N–H and O–H groups in total. The Morgan fingerprint density at radius 3 is 2.95 bits per heavy atom. The smallest absolute Gasteiger partial charge is 0.131 e. The lowest BCUT2D eigenvalue weighted by Crippen LogP contribution is -2.54. The third kappa shape index (κ3) is 3.81. The van der Waals surface area contributed by atoms with Crippen molar-refractivity contribution in [2.75, 3.05) is 31.1 Å². The second kappa shape index (κ2) is 6.55. The Kier molecular flexibility index (Phi) is 5.02. The monoisotopic (exact) mass is 283 g/mol. The molecule has 2 heterocycles. The summed E-state index contributed by atoms with van der Waals surface area (Å²) < 4.78 is 0. The fourth-order valence-electron chi connectivity index (χ4n) is 2.68. The number of anilines is 1. The van der Waals surface area contributed by atoms with Crippen molar-refractivity contribution in [3.63, 3.8) is 0 Å². The number of β-amino-alcohol motifs (C(OH)–C–C–N with tert-alkyl or cyclic N) is 1. The lowest BCUT2D eigenvalue weighted by Gasteiger charge is -2.42. The number of aromatic nitrogens is 1. The maximum Gasteiger partial charge on any atom is 0.131 e. The van der Waals surface area contributed by atoms with Gasteiger partial charge >= 0.3 is 0 Å². The first kappa shape index (κ1) is 14.6. The van der Waals surface area contributed by atoms with Crippen LogP contribution in [0.25, 0.3) is 0 Å². The zero-order valence-electron chi connectivity index (χ0n) is 11.6. The van der Waals surface area contributed by atoms with E-state index in [9.17, 15) is 5.11 Å². The summed E-state index contributed by atoms with van der Waals surface area (Å²) in [6.45, 7) is 7.71. The number of aliphatic hydroxyl groups is 1. The van der Waals surface area contributed by atoms with Gasteiger partial charge in [0.2, 0.25) is 0 Å². The summed E-state index contributed by atoms with van der Waals surface area (Å²) in [5, 5.41) is 10.1. The molecule has 0 amide bonds. The van der Waals surface area contributed by atoms with Crippen molar-refractivity contribution in [3.8, 4) is 0 Å². The zero-order chi connectivity index (χ0) is 13.8.